The molecule has 0 spiro atoms. The number of benzene rings is 3. The summed E-state index contributed by atoms with van der Waals surface area (Å²) in [6.45, 7) is 18.1. The van der Waals surface area contributed by atoms with E-state index < -0.39 is 0 Å². The Morgan fingerprint density at radius 1 is 0.756 bits per heavy atom. The van der Waals surface area contributed by atoms with Crippen LogP contribution in [-0.4, -0.2) is 9.13 Å². The van der Waals surface area contributed by atoms with Crippen molar-refractivity contribution < 1.29 is 27.9 Å². The van der Waals surface area contributed by atoms with Crippen LogP contribution in [0, 0.1) is 32.6 Å². The van der Waals surface area contributed by atoms with E-state index in [1.54, 1.807) is 18.8 Å². The first kappa shape index (κ1) is 31.3. The zero-order chi connectivity index (χ0) is 30.2. The van der Waals surface area contributed by atoms with Gasteiger partial charge in [0.2, 0.25) is 12.7 Å². The van der Waals surface area contributed by atoms with Gasteiger partial charge in [-0.2, -0.15) is 18.2 Å². The second kappa shape index (κ2) is 12.7. The predicted octanol–water partition coefficient (Wildman–Crippen LogP) is 7.81. The molecule has 2 aromatic heterocycles. The van der Waals surface area contributed by atoms with Crippen molar-refractivity contribution in [2.24, 2.45) is 14.1 Å². The van der Waals surface area contributed by atoms with E-state index in [2.05, 4.69) is 136 Å². The summed E-state index contributed by atoms with van der Waals surface area (Å²) in [6.07, 6.45) is 11.0. The van der Waals surface area contributed by atoms with Crippen LogP contribution in [0.5, 0.6) is 0 Å². The molecule has 0 saturated heterocycles. The number of hydrogen-bond acceptors (Lipinski definition) is 0. The van der Waals surface area contributed by atoms with Gasteiger partial charge in [0.25, 0.3) is 0 Å². The van der Waals surface area contributed by atoms with Crippen molar-refractivity contribution >= 4 is 20.5 Å². The Bertz CT molecular complexity index is 1660. The normalized spacial score (nSPS) is 11.6. The van der Waals surface area contributed by atoms with Gasteiger partial charge in [-0.1, -0.05) is 88.3 Å². The standard InChI is InChI=1S/C35H41N4.ClH.Pt/c1-22(2)27-17-31(23(3)4)35(32(18-27)24(5)6)28-15-29(38-12-11-36(9)20-38)19-30(16-28)39-21-37(10)33-13-25(7)26(8)14-34(33)39;;/h11-18,22-24H,1-10H3;1H;/q-1;;+1/p-1. The molecule has 0 fully saturated rings. The van der Waals surface area contributed by atoms with E-state index in [4.69, 9.17) is 0 Å². The summed E-state index contributed by atoms with van der Waals surface area (Å²) in [7, 11) is 8.68. The summed E-state index contributed by atoms with van der Waals surface area (Å²) in [6, 6.07) is 17.6. The van der Waals surface area contributed by atoms with Gasteiger partial charge in [0.1, 0.15) is 0 Å². The van der Waals surface area contributed by atoms with Gasteiger partial charge < -0.3 is 18.3 Å². The number of halogens is 1. The monoisotopic (exact) mass is 747 g/mol. The molecular weight excluding hydrogens is 707 g/mol. The van der Waals surface area contributed by atoms with E-state index in [0.29, 0.717) is 17.8 Å². The fourth-order valence-corrected chi connectivity index (χ4v) is 5.44. The molecule has 0 saturated carbocycles. The van der Waals surface area contributed by atoms with Crippen LogP contribution >= 0.6 is 9.42 Å². The van der Waals surface area contributed by atoms with Crippen LogP contribution in [0.1, 0.15) is 87.1 Å². The van der Waals surface area contributed by atoms with E-state index >= 15 is 0 Å². The van der Waals surface area contributed by atoms with Crippen molar-refractivity contribution in [3.05, 3.63) is 95.3 Å². The van der Waals surface area contributed by atoms with Gasteiger partial charge in [-0.05, 0) is 53.9 Å². The maximum absolute atomic E-state index is 4.61. The summed E-state index contributed by atoms with van der Waals surface area (Å²) in [5, 5.41) is 0. The van der Waals surface area contributed by atoms with Crippen LogP contribution in [0.15, 0.2) is 48.8 Å². The Balaban J connectivity index is 0.00000189. The Labute approximate surface area is 261 Å². The minimum atomic E-state index is 0.394. The SMILES string of the molecule is Cc1cc2c(cc1C)[n+](-c1[c-]c(-[n+]3[c-]n(C)cc3)cc(-c3c(C(C)C)cc(C(C)C)cc3C(C)C)c1)[c-]n2C.[Cl][Pt]. The zero-order valence-corrected chi connectivity index (χ0v) is 28.9. The van der Waals surface area contributed by atoms with Crippen LogP contribution in [0.2, 0.25) is 0 Å². The Morgan fingerprint density at radius 2 is 1.34 bits per heavy atom. The van der Waals surface area contributed by atoms with Gasteiger partial charge in [0, 0.05) is 12.4 Å². The molecule has 41 heavy (non-hydrogen) atoms. The third-order valence-electron chi connectivity index (χ3n) is 7.91. The molecule has 3 aromatic carbocycles. The number of aryl methyl sites for hydroxylation is 4. The number of rotatable bonds is 6. The molecule has 0 N–H and O–H groups in total. The van der Waals surface area contributed by atoms with E-state index in [1.807, 2.05) is 28.6 Å². The van der Waals surface area contributed by atoms with E-state index in [1.165, 1.54) is 38.9 Å². The molecule has 0 radical (unpaired) electrons. The number of hydrogen-bond donors (Lipinski definition) is 0. The molecule has 0 aliphatic heterocycles. The van der Waals surface area contributed by atoms with E-state index in [9.17, 15) is 0 Å². The van der Waals surface area contributed by atoms with Crippen molar-refractivity contribution in [1.29, 1.82) is 0 Å². The number of nitrogens with zero attached hydrogens (tertiary/aromatic N) is 4. The molecule has 0 aliphatic carbocycles. The van der Waals surface area contributed by atoms with Crippen LogP contribution in [0.3, 0.4) is 0 Å². The molecular formula is C35H41ClN4Pt-. The van der Waals surface area contributed by atoms with Crippen LogP contribution < -0.4 is 9.13 Å². The Morgan fingerprint density at radius 3 is 1.88 bits per heavy atom. The molecule has 6 heteroatoms. The number of imidazole rings is 2. The average molecular weight is 748 g/mol. The Hall–Kier alpha value is -2.68. The van der Waals surface area contributed by atoms with Crippen molar-refractivity contribution in [2.45, 2.75) is 73.1 Å². The van der Waals surface area contributed by atoms with Gasteiger partial charge in [0.05, 0.1) is 25.1 Å². The third kappa shape index (κ3) is 6.25. The molecule has 0 aliphatic rings. The number of fused-ring (bicyclic) bond motifs is 1. The molecule has 219 valence electrons. The summed E-state index contributed by atoms with van der Waals surface area (Å²) in [5.74, 6) is 1.27. The summed E-state index contributed by atoms with van der Waals surface area (Å²) >= 11 is 1.61. The fourth-order valence-electron chi connectivity index (χ4n) is 5.44. The molecule has 5 aromatic rings. The van der Waals surface area contributed by atoms with Crippen LogP contribution in [0.25, 0.3) is 33.5 Å². The van der Waals surface area contributed by atoms with Crippen molar-refractivity contribution in [3.63, 3.8) is 0 Å². The van der Waals surface area contributed by atoms with Gasteiger partial charge in [-0.25, -0.2) is 0 Å². The fraction of sp³-hybridized carbons (Fsp3) is 0.371. The van der Waals surface area contributed by atoms with Gasteiger partial charge >= 0.3 is 28.2 Å². The maximum atomic E-state index is 4.61. The molecule has 5 rings (SSSR count). The van der Waals surface area contributed by atoms with Crippen molar-refractivity contribution in [3.8, 4) is 22.5 Å². The topological polar surface area (TPSA) is 17.6 Å². The Kier molecular flexibility index (Phi) is 9.66. The zero-order valence-electron chi connectivity index (χ0n) is 25.8. The minimum absolute atomic E-state index is 0.394. The van der Waals surface area contributed by atoms with Crippen LogP contribution in [0.4, 0.5) is 0 Å². The molecule has 2 heterocycles. The van der Waals surface area contributed by atoms with Crippen molar-refractivity contribution in [2.75, 3.05) is 0 Å². The third-order valence-corrected chi connectivity index (χ3v) is 7.91. The molecule has 0 bridgehead atoms. The average Bonchev–Trinajstić information content (AvgIpc) is 3.51. The van der Waals surface area contributed by atoms with Crippen molar-refractivity contribution in [1.82, 2.24) is 9.13 Å². The predicted molar refractivity (Wildman–Crippen MR) is 164 cm³/mol. The molecule has 0 atom stereocenters. The van der Waals surface area contributed by atoms with Crippen LogP contribution in [-0.2, 0) is 32.9 Å². The van der Waals surface area contributed by atoms with E-state index in [0.717, 1.165) is 22.4 Å². The van der Waals surface area contributed by atoms with Gasteiger partial charge in [0.15, 0.2) is 0 Å². The first-order valence-corrected chi connectivity index (χ1v) is 17.0. The number of aromatic nitrogens is 4. The second-order valence-corrected chi connectivity index (χ2v) is 12.0. The molecule has 4 nitrogen and oxygen atoms in total. The first-order chi connectivity index (χ1) is 19.4. The van der Waals surface area contributed by atoms with Gasteiger partial charge in [-0.15, -0.1) is 5.56 Å². The summed E-state index contributed by atoms with van der Waals surface area (Å²) in [5.41, 5.74) is 13.5. The quantitative estimate of drug-likeness (QED) is 0.125. The first-order valence-electron chi connectivity index (χ1n) is 14.2. The van der Waals surface area contributed by atoms with E-state index in [-0.39, 0.29) is 0 Å². The molecule has 0 unspecified atom stereocenters. The summed E-state index contributed by atoms with van der Waals surface area (Å²) in [4.78, 5) is 0. The van der Waals surface area contributed by atoms with Gasteiger partial charge in [-0.3, -0.25) is 0 Å². The molecule has 0 amide bonds. The summed E-state index contributed by atoms with van der Waals surface area (Å²) < 4.78 is 8.21. The second-order valence-electron chi connectivity index (χ2n) is 12.0.